The van der Waals surface area contributed by atoms with Crippen molar-refractivity contribution in [2.24, 2.45) is 0 Å². The third-order valence-electron chi connectivity index (χ3n) is 4.12. The third kappa shape index (κ3) is 2.65. The first-order chi connectivity index (χ1) is 9.81. The number of fused-ring (bicyclic) bond motifs is 1. The lowest BCUT2D eigenvalue weighted by Crippen LogP contribution is -2.17. The average molecular weight is 286 g/mol. The molecule has 3 heteroatoms. The predicted octanol–water partition coefficient (Wildman–Crippen LogP) is 3.89. The van der Waals surface area contributed by atoms with Crippen molar-refractivity contribution in [1.29, 1.82) is 0 Å². The minimum Gasteiger partial charge on any atom is -0.307 e. The Labute approximate surface area is 125 Å². The summed E-state index contributed by atoms with van der Waals surface area (Å²) in [4.78, 5) is 6.41. The number of nitrogens with one attached hydrogen (secondary N) is 1. The van der Waals surface area contributed by atoms with Gasteiger partial charge in [0.25, 0.3) is 0 Å². The highest BCUT2D eigenvalue weighted by atomic mass is 32.1. The third-order valence-corrected chi connectivity index (χ3v) is 5.34. The number of aryl methyl sites for hydroxylation is 3. The lowest BCUT2D eigenvalue weighted by atomic mass is 10.0. The van der Waals surface area contributed by atoms with Gasteiger partial charge < -0.3 is 5.32 Å². The highest BCUT2D eigenvalue weighted by Gasteiger charge is 2.21. The first kappa shape index (κ1) is 13.8. The van der Waals surface area contributed by atoms with Gasteiger partial charge in [-0.05, 0) is 50.3 Å². The molecule has 0 aliphatic heterocycles. The Hall–Kier alpha value is -1.19. The molecule has 106 valence electrons. The number of hydrogen-bond donors (Lipinski definition) is 1. The smallest absolute Gasteiger partial charge is 0.115 e. The highest BCUT2D eigenvalue weighted by Crippen LogP contribution is 2.32. The molecule has 1 atom stereocenters. The van der Waals surface area contributed by atoms with E-state index in [4.69, 9.17) is 4.98 Å². The molecule has 0 bridgehead atoms. The summed E-state index contributed by atoms with van der Waals surface area (Å²) in [5.74, 6) is 0. The lowest BCUT2D eigenvalue weighted by Gasteiger charge is -2.14. The van der Waals surface area contributed by atoms with Crippen LogP contribution in [0.4, 0.5) is 0 Å². The van der Waals surface area contributed by atoms with Gasteiger partial charge in [0, 0.05) is 4.88 Å². The van der Waals surface area contributed by atoms with E-state index in [2.05, 4.69) is 36.5 Å². The molecule has 1 N–H and O–H groups in total. The molecule has 0 amide bonds. The van der Waals surface area contributed by atoms with Crippen LogP contribution in [0, 0.1) is 0 Å². The maximum Gasteiger partial charge on any atom is 0.115 e. The Kier molecular flexibility index (Phi) is 4.18. The lowest BCUT2D eigenvalue weighted by molar-refractivity contribution is 0.661. The number of aromatic nitrogens is 1. The van der Waals surface area contributed by atoms with Gasteiger partial charge in [-0.2, -0.15) is 0 Å². The fraction of sp³-hybridized carbons (Fsp3) is 0.471. The molecule has 2 aromatic rings. The summed E-state index contributed by atoms with van der Waals surface area (Å²) < 4.78 is 0. The van der Waals surface area contributed by atoms with Crippen molar-refractivity contribution in [2.45, 2.75) is 45.1 Å². The van der Waals surface area contributed by atoms with Gasteiger partial charge in [0.05, 0.1) is 11.7 Å². The molecule has 1 aromatic heterocycles. The fourth-order valence-electron chi connectivity index (χ4n) is 2.87. The van der Waals surface area contributed by atoms with Crippen LogP contribution < -0.4 is 5.32 Å². The summed E-state index contributed by atoms with van der Waals surface area (Å²) in [6.07, 6.45) is 6.10. The van der Waals surface area contributed by atoms with Crippen LogP contribution in [0.2, 0.25) is 0 Å². The van der Waals surface area contributed by atoms with E-state index >= 15 is 0 Å². The second-order valence-electron chi connectivity index (χ2n) is 5.45. The first-order valence-electron chi connectivity index (χ1n) is 7.56. The van der Waals surface area contributed by atoms with Gasteiger partial charge in [-0.1, -0.05) is 31.2 Å². The molecular formula is C17H22N2S. The van der Waals surface area contributed by atoms with E-state index in [-0.39, 0.29) is 6.04 Å². The average Bonchev–Trinajstić information content (AvgIpc) is 2.92. The monoisotopic (exact) mass is 286 g/mol. The predicted molar refractivity (Wildman–Crippen MR) is 85.5 cm³/mol. The molecule has 1 aliphatic carbocycles. The zero-order valence-corrected chi connectivity index (χ0v) is 13.1. The number of thiazole rings is 1. The van der Waals surface area contributed by atoms with Gasteiger partial charge in [0.2, 0.25) is 0 Å². The molecule has 1 aliphatic rings. The van der Waals surface area contributed by atoms with Crippen LogP contribution in [0.5, 0.6) is 0 Å². The molecule has 0 spiro atoms. The highest BCUT2D eigenvalue weighted by molar-refractivity contribution is 7.11. The van der Waals surface area contributed by atoms with Crippen LogP contribution in [0.25, 0.3) is 0 Å². The maximum absolute atomic E-state index is 4.90. The molecule has 0 saturated carbocycles. The number of rotatable bonds is 4. The molecule has 0 fully saturated rings. The zero-order chi connectivity index (χ0) is 13.9. The maximum atomic E-state index is 4.90. The van der Waals surface area contributed by atoms with Crippen molar-refractivity contribution in [1.82, 2.24) is 10.3 Å². The molecule has 2 nitrogen and oxygen atoms in total. The largest absolute Gasteiger partial charge is 0.307 e. The Balaban J connectivity index is 1.90. The fourth-order valence-corrected chi connectivity index (χ4v) is 4.17. The second-order valence-corrected chi connectivity index (χ2v) is 6.56. The van der Waals surface area contributed by atoms with Crippen LogP contribution in [-0.2, 0) is 19.3 Å². The molecule has 1 unspecified atom stereocenters. The topological polar surface area (TPSA) is 24.9 Å². The van der Waals surface area contributed by atoms with E-state index in [1.54, 1.807) is 0 Å². The summed E-state index contributed by atoms with van der Waals surface area (Å²) in [6, 6.07) is 9.16. The van der Waals surface area contributed by atoms with Crippen molar-refractivity contribution < 1.29 is 0 Å². The Morgan fingerprint density at radius 3 is 2.60 bits per heavy atom. The van der Waals surface area contributed by atoms with Crippen molar-refractivity contribution in [3.8, 4) is 0 Å². The first-order valence-corrected chi connectivity index (χ1v) is 8.38. The molecule has 0 radical (unpaired) electrons. The van der Waals surface area contributed by atoms with E-state index in [1.807, 2.05) is 18.4 Å². The number of nitrogens with zero attached hydrogens (tertiary/aromatic N) is 1. The Bertz CT molecular complexity index is 548. The van der Waals surface area contributed by atoms with Crippen LogP contribution in [0.15, 0.2) is 24.3 Å². The normalized spacial score (nSPS) is 15.9. The quantitative estimate of drug-likeness (QED) is 0.922. The van der Waals surface area contributed by atoms with Gasteiger partial charge in [-0.15, -0.1) is 11.3 Å². The van der Waals surface area contributed by atoms with Gasteiger partial charge in [-0.25, -0.2) is 4.98 Å². The van der Waals surface area contributed by atoms with Gasteiger partial charge in [0.1, 0.15) is 5.01 Å². The van der Waals surface area contributed by atoms with E-state index in [0.29, 0.717) is 0 Å². The van der Waals surface area contributed by atoms with Gasteiger partial charge in [-0.3, -0.25) is 0 Å². The number of hydrogen-bond acceptors (Lipinski definition) is 3. The van der Waals surface area contributed by atoms with Crippen LogP contribution in [-0.4, -0.2) is 12.0 Å². The van der Waals surface area contributed by atoms with Crippen molar-refractivity contribution >= 4 is 11.3 Å². The molecule has 1 heterocycles. The minimum atomic E-state index is 0.233. The summed E-state index contributed by atoms with van der Waals surface area (Å²) in [7, 11) is 2.03. The summed E-state index contributed by atoms with van der Waals surface area (Å²) in [5.41, 5.74) is 4.06. The van der Waals surface area contributed by atoms with Crippen LogP contribution in [0.1, 0.15) is 52.5 Å². The molecule has 3 rings (SSSR count). The Morgan fingerprint density at radius 2 is 1.95 bits per heavy atom. The Morgan fingerprint density at radius 1 is 1.20 bits per heavy atom. The van der Waals surface area contributed by atoms with Crippen molar-refractivity contribution in [3.05, 3.63) is 51.0 Å². The standard InChI is InChI=1S/C17H22N2S/c1-3-12-8-10-13(11-9-12)16(18-2)17-19-14-6-4-5-7-15(14)20-17/h8-11,16,18H,3-7H2,1-2H3. The van der Waals surface area contributed by atoms with Crippen molar-refractivity contribution in [3.63, 3.8) is 0 Å². The summed E-state index contributed by atoms with van der Waals surface area (Å²) in [5, 5.41) is 4.65. The van der Waals surface area contributed by atoms with Crippen LogP contribution >= 0.6 is 11.3 Å². The minimum absolute atomic E-state index is 0.233. The van der Waals surface area contributed by atoms with E-state index in [9.17, 15) is 0 Å². The molecule has 1 aromatic carbocycles. The molecule has 0 saturated heterocycles. The summed E-state index contributed by atoms with van der Waals surface area (Å²) in [6.45, 7) is 2.19. The van der Waals surface area contributed by atoms with Gasteiger partial charge >= 0.3 is 0 Å². The van der Waals surface area contributed by atoms with E-state index in [1.165, 1.54) is 46.0 Å². The second kappa shape index (κ2) is 6.06. The summed E-state index contributed by atoms with van der Waals surface area (Å²) >= 11 is 1.90. The number of benzene rings is 1. The molecular weight excluding hydrogens is 264 g/mol. The van der Waals surface area contributed by atoms with Crippen LogP contribution in [0.3, 0.4) is 0 Å². The van der Waals surface area contributed by atoms with Crippen molar-refractivity contribution in [2.75, 3.05) is 7.05 Å². The molecule has 20 heavy (non-hydrogen) atoms. The van der Waals surface area contributed by atoms with Gasteiger partial charge in [0.15, 0.2) is 0 Å². The zero-order valence-electron chi connectivity index (χ0n) is 12.3. The van der Waals surface area contributed by atoms with E-state index in [0.717, 1.165) is 12.8 Å². The van der Waals surface area contributed by atoms with E-state index < -0.39 is 0 Å². The SMILES string of the molecule is CCc1ccc(C(NC)c2nc3c(s2)CCCC3)cc1.